The molecule has 3 aromatic rings. The molecule has 0 radical (unpaired) electrons. The van der Waals surface area contributed by atoms with Crippen molar-refractivity contribution in [1.82, 2.24) is 0 Å². The third-order valence-electron chi connectivity index (χ3n) is 4.60. The van der Waals surface area contributed by atoms with Crippen molar-refractivity contribution in [2.45, 2.75) is 27.2 Å². The maximum atomic E-state index is 2.27. The van der Waals surface area contributed by atoms with Crippen LogP contribution in [0.15, 0.2) is 66.7 Å². The molecule has 0 amide bonds. The first-order valence-corrected chi connectivity index (χ1v) is 7.86. The average molecular weight is 286 g/mol. The summed E-state index contributed by atoms with van der Waals surface area (Å²) in [5.41, 5.74) is 9.60. The Hall–Kier alpha value is -2.34. The van der Waals surface area contributed by atoms with Gasteiger partial charge in [0, 0.05) is 0 Å². The molecule has 0 aromatic heterocycles. The lowest BCUT2D eigenvalue weighted by Gasteiger charge is -2.15. The number of hydrogen-bond donors (Lipinski definition) is 0. The Morgan fingerprint density at radius 1 is 0.591 bits per heavy atom. The molecule has 0 saturated heterocycles. The van der Waals surface area contributed by atoms with Gasteiger partial charge in [-0.3, -0.25) is 0 Å². The fourth-order valence-electron chi connectivity index (χ4n) is 3.00. The van der Waals surface area contributed by atoms with Crippen LogP contribution >= 0.6 is 0 Å². The molecule has 110 valence electrons. The van der Waals surface area contributed by atoms with Crippen molar-refractivity contribution >= 4 is 0 Å². The molecule has 0 spiro atoms. The maximum absolute atomic E-state index is 2.27. The average Bonchev–Trinajstić information content (AvgIpc) is 2.55. The zero-order valence-electron chi connectivity index (χ0n) is 13.6. The van der Waals surface area contributed by atoms with Gasteiger partial charge >= 0.3 is 0 Å². The summed E-state index contributed by atoms with van der Waals surface area (Å²) >= 11 is 0. The topological polar surface area (TPSA) is 0 Å². The Bertz CT molecular complexity index is 782. The third-order valence-corrected chi connectivity index (χ3v) is 4.60. The van der Waals surface area contributed by atoms with E-state index in [-0.39, 0.29) is 0 Å². The Balaban J connectivity index is 2.07. The van der Waals surface area contributed by atoms with Crippen LogP contribution in [-0.2, 0) is 6.42 Å². The molecule has 3 rings (SSSR count). The van der Waals surface area contributed by atoms with E-state index in [1.54, 1.807) is 0 Å². The molecule has 0 N–H and O–H groups in total. The highest BCUT2D eigenvalue weighted by Crippen LogP contribution is 2.31. The normalized spacial score (nSPS) is 10.7. The summed E-state index contributed by atoms with van der Waals surface area (Å²) in [5.74, 6) is 0. The second-order valence-corrected chi connectivity index (χ2v) is 6.00. The van der Waals surface area contributed by atoms with Crippen LogP contribution in [0.3, 0.4) is 0 Å². The van der Waals surface area contributed by atoms with Crippen LogP contribution < -0.4 is 0 Å². The van der Waals surface area contributed by atoms with Gasteiger partial charge in [-0.1, -0.05) is 66.7 Å². The molecule has 0 unspecified atom stereocenters. The zero-order valence-corrected chi connectivity index (χ0v) is 13.6. The molecule has 0 saturated carbocycles. The van der Waals surface area contributed by atoms with Crippen LogP contribution in [0.2, 0.25) is 0 Å². The second kappa shape index (κ2) is 6.19. The van der Waals surface area contributed by atoms with Crippen LogP contribution in [0, 0.1) is 20.8 Å². The van der Waals surface area contributed by atoms with E-state index in [1.165, 1.54) is 38.9 Å². The highest BCUT2D eigenvalue weighted by atomic mass is 14.1. The molecule has 3 aromatic carbocycles. The predicted octanol–water partition coefficient (Wildman–Crippen LogP) is 5.87. The predicted molar refractivity (Wildman–Crippen MR) is 95.3 cm³/mol. The fraction of sp³-hybridized carbons (Fsp3) is 0.182. The van der Waals surface area contributed by atoms with Gasteiger partial charge in [0.05, 0.1) is 0 Å². The summed E-state index contributed by atoms with van der Waals surface area (Å²) in [6.45, 7) is 6.63. The molecule has 0 heterocycles. The minimum absolute atomic E-state index is 0.976. The summed E-state index contributed by atoms with van der Waals surface area (Å²) in [5, 5.41) is 0. The van der Waals surface area contributed by atoms with Gasteiger partial charge < -0.3 is 0 Å². The van der Waals surface area contributed by atoms with Crippen LogP contribution in [-0.4, -0.2) is 0 Å². The van der Waals surface area contributed by atoms with Crippen molar-refractivity contribution in [2.24, 2.45) is 0 Å². The molecule has 0 aliphatic carbocycles. The highest BCUT2D eigenvalue weighted by molar-refractivity contribution is 5.72. The largest absolute Gasteiger partial charge is 0.0622 e. The summed E-state index contributed by atoms with van der Waals surface area (Å²) < 4.78 is 0. The lowest BCUT2D eigenvalue weighted by molar-refractivity contribution is 1.19. The number of benzene rings is 3. The molecular weight excluding hydrogens is 264 g/mol. The van der Waals surface area contributed by atoms with Crippen LogP contribution in [0.5, 0.6) is 0 Å². The zero-order chi connectivity index (χ0) is 15.5. The van der Waals surface area contributed by atoms with E-state index in [0.29, 0.717) is 0 Å². The Kier molecular flexibility index (Phi) is 4.11. The quantitative estimate of drug-likeness (QED) is 0.565. The molecule has 0 heteroatoms. The second-order valence-electron chi connectivity index (χ2n) is 6.00. The van der Waals surface area contributed by atoms with Gasteiger partial charge in [0.25, 0.3) is 0 Å². The van der Waals surface area contributed by atoms with E-state index in [0.717, 1.165) is 6.42 Å². The first kappa shape index (κ1) is 14.6. The van der Waals surface area contributed by atoms with E-state index in [4.69, 9.17) is 0 Å². The van der Waals surface area contributed by atoms with Gasteiger partial charge in [0.2, 0.25) is 0 Å². The van der Waals surface area contributed by atoms with E-state index >= 15 is 0 Å². The van der Waals surface area contributed by atoms with Gasteiger partial charge in [-0.25, -0.2) is 0 Å². The van der Waals surface area contributed by atoms with E-state index in [1.807, 2.05) is 0 Å². The monoisotopic (exact) mass is 286 g/mol. The fourth-order valence-corrected chi connectivity index (χ4v) is 3.00. The van der Waals surface area contributed by atoms with Gasteiger partial charge in [0.15, 0.2) is 0 Å². The number of rotatable bonds is 3. The van der Waals surface area contributed by atoms with E-state index < -0.39 is 0 Å². The van der Waals surface area contributed by atoms with Crippen molar-refractivity contribution in [3.05, 3.63) is 94.5 Å². The molecular formula is C22H22. The summed E-state index contributed by atoms with van der Waals surface area (Å²) in [4.78, 5) is 0. The Labute approximate surface area is 133 Å². The molecule has 0 bridgehead atoms. The maximum Gasteiger partial charge on any atom is -0.00196 e. The minimum atomic E-state index is 0.976. The molecule has 0 atom stereocenters. The summed E-state index contributed by atoms with van der Waals surface area (Å²) in [6.07, 6.45) is 0.976. The first-order valence-electron chi connectivity index (χ1n) is 7.86. The molecule has 0 nitrogen and oxygen atoms in total. The summed E-state index contributed by atoms with van der Waals surface area (Å²) in [6, 6.07) is 24.0. The molecule has 0 aliphatic rings. The van der Waals surface area contributed by atoms with Crippen molar-refractivity contribution < 1.29 is 0 Å². The van der Waals surface area contributed by atoms with Gasteiger partial charge in [-0.05, 0) is 66.1 Å². The first-order chi connectivity index (χ1) is 10.7. The third kappa shape index (κ3) is 2.82. The van der Waals surface area contributed by atoms with Crippen molar-refractivity contribution in [2.75, 3.05) is 0 Å². The molecule has 0 aliphatic heterocycles. The summed E-state index contributed by atoms with van der Waals surface area (Å²) in [7, 11) is 0. The molecule has 0 fully saturated rings. The van der Waals surface area contributed by atoms with Gasteiger partial charge in [-0.15, -0.1) is 0 Å². The van der Waals surface area contributed by atoms with Crippen LogP contribution in [0.1, 0.15) is 27.8 Å². The SMILES string of the molecule is Cc1ccc(-c2ccccc2Cc2ccccc2)c(C)c1C. The van der Waals surface area contributed by atoms with E-state index in [9.17, 15) is 0 Å². The van der Waals surface area contributed by atoms with Crippen LogP contribution in [0.25, 0.3) is 11.1 Å². The minimum Gasteiger partial charge on any atom is -0.0622 e. The number of hydrogen-bond acceptors (Lipinski definition) is 0. The smallest absolute Gasteiger partial charge is 0.00196 e. The van der Waals surface area contributed by atoms with Crippen molar-refractivity contribution in [1.29, 1.82) is 0 Å². The standard InChI is InChI=1S/C22H22/c1-16-13-14-21(18(3)17(16)2)22-12-8-7-11-20(22)15-19-9-5-4-6-10-19/h4-14H,15H2,1-3H3. The number of aryl methyl sites for hydroxylation is 1. The van der Waals surface area contributed by atoms with Gasteiger partial charge in [0.1, 0.15) is 0 Å². The Morgan fingerprint density at radius 2 is 1.27 bits per heavy atom. The van der Waals surface area contributed by atoms with E-state index in [2.05, 4.69) is 87.5 Å². The van der Waals surface area contributed by atoms with Gasteiger partial charge in [-0.2, -0.15) is 0 Å². The van der Waals surface area contributed by atoms with Crippen molar-refractivity contribution in [3.8, 4) is 11.1 Å². The van der Waals surface area contributed by atoms with Crippen LogP contribution in [0.4, 0.5) is 0 Å². The molecule has 22 heavy (non-hydrogen) atoms. The lowest BCUT2D eigenvalue weighted by Crippen LogP contribution is -1.96. The lowest BCUT2D eigenvalue weighted by atomic mass is 9.89. The highest BCUT2D eigenvalue weighted by Gasteiger charge is 2.10. The Morgan fingerprint density at radius 3 is 2.05 bits per heavy atom. The van der Waals surface area contributed by atoms with Crippen molar-refractivity contribution in [3.63, 3.8) is 0 Å².